The van der Waals surface area contributed by atoms with Gasteiger partial charge in [-0.1, -0.05) is 114 Å². The van der Waals surface area contributed by atoms with Gasteiger partial charge in [-0.3, -0.25) is 4.98 Å². The number of aromatic nitrogens is 4. The van der Waals surface area contributed by atoms with Gasteiger partial charge in [0.2, 0.25) is 0 Å². The first-order chi connectivity index (χ1) is 24.5. The minimum atomic E-state index is -0.730. The number of pyridine rings is 1. The van der Waals surface area contributed by atoms with Crippen LogP contribution in [-0.4, -0.2) is 20.0 Å². The molecule has 0 amide bonds. The molecule has 1 aliphatic rings. The van der Waals surface area contributed by atoms with Crippen LogP contribution in [0, 0.1) is 12.1 Å². The summed E-state index contributed by atoms with van der Waals surface area (Å²) in [7, 11) is 0. The maximum atomic E-state index is 6.54. The third kappa shape index (κ3) is 6.22. The van der Waals surface area contributed by atoms with E-state index in [-0.39, 0.29) is 31.9 Å². The Hall–Kier alpha value is -5.12. The maximum Gasteiger partial charge on any atom is 2.00 e. The Labute approximate surface area is 321 Å². The Kier molecular flexibility index (Phi) is 9.13. The van der Waals surface area contributed by atoms with E-state index in [9.17, 15) is 0 Å². The van der Waals surface area contributed by atoms with Crippen molar-refractivity contribution in [3.8, 4) is 39.6 Å². The number of ether oxygens (including phenoxy) is 1. The largest absolute Gasteiger partial charge is 2.00 e. The number of hydrogen-bond acceptors (Lipinski definition) is 4. The molecule has 5 aromatic carbocycles. The van der Waals surface area contributed by atoms with E-state index >= 15 is 0 Å². The van der Waals surface area contributed by atoms with Gasteiger partial charge in [-0.05, 0) is 62.0 Å². The Morgan fingerprint density at radius 3 is 1.87 bits per heavy atom. The average molecular weight is 860 g/mol. The summed E-state index contributed by atoms with van der Waals surface area (Å²) in [6.45, 7) is 13.6. The summed E-state index contributed by atoms with van der Waals surface area (Å²) in [6.07, 6.45) is 3.65. The van der Waals surface area contributed by atoms with Crippen molar-refractivity contribution in [1.29, 1.82) is 0 Å². The van der Waals surface area contributed by atoms with Gasteiger partial charge in [0.05, 0.1) is 17.3 Å². The van der Waals surface area contributed by atoms with E-state index in [0.717, 1.165) is 22.5 Å². The van der Waals surface area contributed by atoms with Gasteiger partial charge >= 0.3 is 21.1 Å². The summed E-state index contributed by atoms with van der Waals surface area (Å²) in [5.74, 6) is 1.13. The van der Waals surface area contributed by atoms with E-state index in [2.05, 4.69) is 119 Å². The molecule has 0 radical (unpaired) electrons. The fourth-order valence-corrected chi connectivity index (χ4v) is 7.12. The molecule has 5 nitrogen and oxygen atoms in total. The van der Waals surface area contributed by atoms with Crippen molar-refractivity contribution in [3.05, 3.63) is 179 Å². The molecular weight excluding hydrogens is 820 g/mol. The molecule has 52 heavy (non-hydrogen) atoms. The summed E-state index contributed by atoms with van der Waals surface area (Å²) < 4.78 is 6.54. The molecule has 0 spiro atoms. The van der Waals surface area contributed by atoms with Crippen LogP contribution in [0.2, 0.25) is 0 Å². The molecule has 0 saturated carbocycles. The van der Waals surface area contributed by atoms with Crippen molar-refractivity contribution in [2.24, 2.45) is 0 Å². The molecule has 0 unspecified atom stereocenters. The van der Waals surface area contributed by atoms with Gasteiger partial charge in [-0.15, -0.1) is 35.9 Å². The van der Waals surface area contributed by atoms with Crippen molar-refractivity contribution in [2.75, 3.05) is 0 Å². The van der Waals surface area contributed by atoms with Gasteiger partial charge in [0, 0.05) is 23.3 Å². The molecule has 0 N–H and O–H groups in total. The van der Waals surface area contributed by atoms with Crippen LogP contribution in [0.5, 0.6) is 11.5 Å². The second-order valence-corrected chi connectivity index (χ2v) is 15.3. The van der Waals surface area contributed by atoms with Gasteiger partial charge in [0.1, 0.15) is 5.69 Å². The second kappa shape index (κ2) is 13.5. The molecule has 260 valence electrons. The number of fused-ring (bicyclic) bond motifs is 3. The summed E-state index contributed by atoms with van der Waals surface area (Å²) in [5.41, 5.74) is 10.9. The van der Waals surface area contributed by atoms with Gasteiger partial charge < -0.3 is 4.74 Å². The van der Waals surface area contributed by atoms with Crippen molar-refractivity contribution in [1.82, 2.24) is 20.0 Å². The second-order valence-electron chi connectivity index (χ2n) is 15.3. The van der Waals surface area contributed by atoms with Crippen LogP contribution in [0.1, 0.15) is 75.1 Å². The minimum Gasteiger partial charge on any atom is -0.509 e. The van der Waals surface area contributed by atoms with Crippen molar-refractivity contribution in [3.63, 3.8) is 0 Å². The molecule has 0 aliphatic heterocycles. The fourth-order valence-electron chi connectivity index (χ4n) is 7.12. The summed E-state index contributed by atoms with van der Waals surface area (Å²) in [6, 6.07) is 49.1. The Balaban J connectivity index is 0.00000420. The summed E-state index contributed by atoms with van der Waals surface area (Å²) in [5, 5.41) is 9.22. The van der Waals surface area contributed by atoms with E-state index in [1.54, 1.807) is 11.0 Å². The van der Waals surface area contributed by atoms with E-state index in [4.69, 9.17) is 14.8 Å². The summed E-state index contributed by atoms with van der Waals surface area (Å²) in [4.78, 5) is 6.67. The molecule has 0 bridgehead atoms. The van der Waals surface area contributed by atoms with E-state index < -0.39 is 5.41 Å². The molecule has 0 saturated heterocycles. The topological polar surface area (TPSA) is 52.8 Å². The monoisotopic (exact) mass is 859 g/mol. The summed E-state index contributed by atoms with van der Waals surface area (Å²) >= 11 is 0. The van der Waals surface area contributed by atoms with E-state index in [0.29, 0.717) is 17.2 Å². The van der Waals surface area contributed by atoms with Crippen molar-refractivity contribution >= 4 is 0 Å². The molecule has 2 heterocycles. The third-order valence-electron chi connectivity index (χ3n) is 9.84. The SMILES string of the molecule is CC(C)(C)c1ccc2c(c1)C(c1[c-]c(Oc3[c-]c(-n4ncc(-c5ccccc5)n4)ccc3)ccc1)(c1ccccn1)c1cc(C(C)(C)C)ccc1-2.[Pt+2]. The predicted molar refractivity (Wildman–Crippen MR) is 203 cm³/mol. The normalized spacial score (nSPS) is 13.2. The third-order valence-corrected chi connectivity index (χ3v) is 9.84. The molecule has 2 aromatic heterocycles. The smallest absolute Gasteiger partial charge is 0.509 e. The maximum absolute atomic E-state index is 6.54. The van der Waals surface area contributed by atoms with Crippen LogP contribution in [0.3, 0.4) is 0 Å². The Morgan fingerprint density at radius 2 is 1.25 bits per heavy atom. The number of benzene rings is 5. The van der Waals surface area contributed by atoms with E-state index in [1.165, 1.54) is 33.4 Å². The van der Waals surface area contributed by atoms with Gasteiger partial charge in [0.25, 0.3) is 0 Å². The zero-order valence-electron chi connectivity index (χ0n) is 30.2. The van der Waals surface area contributed by atoms with Crippen LogP contribution >= 0.6 is 0 Å². The number of rotatable bonds is 6. The van der Waals surface area contributed by atoms with Crippen LogP contribution in [-0.2, 0) is 37.3 Å². The molecule has 1 aliphatic carbocycles. The minimum absolute atomic E-state index is 0. The van der Waals surface area contributed by atoms with Crippen LogP contribution in [0.15, 0.2) is 134 Å². The molecule has 7 aromatic rings. The zero-order chi connectivity index (χ0) is 35.4. The molecule has 0 atom stereocenters. The molecule has 6 heteroatoms. The first-order valence-corrected chi connectivity index (χ1v) is 17.4. The standard InChI is InChI=1S/C46H40N4O.Pt/c1-44(2,3)32-21-23-38-39-24-22-33(45(4,5)6)28-41(39)46(40(38)27-32,43-20-10-11-25-47-43)34-16-12-18-36(26-34)51-37-19-13-17-35(29-37)50-48-30-42(49-50)31-14-8-7-9-15-31;/h7-25,27-28,30H,1-6H3;/q-2;+2. The zero-order valence-corrected chi connectivity index (χ0v) is 32.5. The van der Waals surface area contributed by atoms with Gasteiger partial charge in [0.15, 0.2) is 0 Å². The van der Waals surface area contributed by atoms with Crippen molar-refractivity contribution in [2.45, 2.75) is 57.8 Å². The molecule has 0 fully saturated rings. The predicted octanol–water partition coefficient (Wildman–Crippen LogP) is 10.7. The molecule has 8 rings (SSSR count). The quantitative estimate of drug-likeness (QED) is 0.156. The number of hydrogen-bond donors (Lipinski definition) is 0. The Morgan fingerprint density at radius 1 is 0.635 bits per heavy atom. The number of nitrogens with zero attached hydrogens (tertiary/aromatic N) is 4. The van der Waals surface area contributed by atoms with Crippen LogP contribution in [0.25, 0.3) is 28.1 Å². The van der Waals surface area contributed by atoms with Crippen molar-refractivity contribution < 1.29 is 25.8 Å². The first-order valence-electron chi connectivity index (χ1n) is 17.4. The van der Waals surface area contributed by atoms with Crippen LogP contribution < -0.4 is 4.74 Å². The van der Waals surface area contributed by atoms with Gasteiger partial charge in [-0.25, -0.2) is 0 Å². The van der Waals surface area contributed by atoms with E-state index in [1.807, 2.05) is 66.9 Å². The fraction of sp³-hybridized carbons (Fsp3) is 0.196. The first kappa shape index (κ1) is 35.3. The van der Waals surface area contributed by atoms with Gasteiger partial charge in [-0.2, -0.15) is 33.2 Å². The molecular formula is C46H40N4OPt. The average Bonchev–Trinajstić information content (AvgIpc) is 3.74. The van der Waals surface area contributed by atoms with Crippen LogP contribution in [0.4, 0.5) is 0 Å². The Bertz CT molecular complexity index is 2310.